The van der Waals surface area contributed by atoms with Crippen LogP contribution in [-0.4, -0.2) is 43.5 Å². The number of nitrogens with one attached hydrogen (secondary N) is 1. The Hall–Kier alpha value is -2.84. The first kappa shape index (κ1) is 18.0. The molecule has 3 rings (SSSR count). The van der Waals surface area contributed by atoms with Crippen LogP contribution in [0, 0.1) is 18.3 Å². The molecule has 0 bridgehead atoms. The second-order valence-corrected chi connectivity index (χ2v) is 6.60. The van der Waals surface area contributed by atoms with Gasteiger partial charge in [-0.25, -0.2) is 0 Å². The summed E-state index contributed by atoms with van der Waals surface area (Å²) in [5.41, 5.74) is 4.03. The van der Waals surface area contributed by atoms with Crippen LogP contribution in [0.4, 0.5) is 5.69 Å². The number of nitrogens with zero attached hydrogens (tertiary/aromatic N) is 3. The minimum Gasteiger partial charge on any atom is -0.368 e. The maximum Gasteiger partial charge on any atom is 0.234 e. The van der Waals surface area contributed by atoms with Crippen LogP contribution in [-0.2, 0) is 11.3 Å². The van der Waals surface area contributed by atoms with Crippen molar-refractivity contribution >= 4 is 11.6 Å². The Labute approximate surface area is 154 Å². The van der Waals surface area contributed by atoms with E-state index in [1.165, 1.54) is 5.56 Å². The van der Waals surface area contributed by atoms with E-state index in [0.717, 1.165) is 37.4 Å². The smallest absolute Gasteiger partial charge is 0.234 e. The molecule has 0 atom stereocenters. The standard InChI is InChI=1S/C21H24N4O/c1-17-6-2-3-8-19(17)15-23-21(26)16-24-10-12-25(13-11-24)20-9-5-4-7-18(20)14-22/h2-9H,10-13,15-16H2,1H3,(H,23,26). The normalized spacial score (nSPS) is 14.7. The lowest BCUT2D eigenvalue weighted by Crippen LogP contribution is -2.49. The second kappa shape index (κ2) is 8.50. The Bertz CT molecular complexity index is 804. The van der Waals surface area contributed by atoms with Gasteiger partial charge in [-0.3, -0.25) is 9.69 Å². The zero-order chi connectivity index (χ0) is 18.4. The SMILES string of the molecule is Cc1ccccc1CNC(=O)CN1CCN(c2ccccc2C#N)CC1. The molecule has 0 saturated carbocycles. The molecule has 5 heteroatoms. The molecule has 1 heterocycles. The molecule has 0 aliphatic carbocycles. The molecule has 0 radical (unpaired) electrons. The lowest BCUT2D eigenvalue weighted by Gasteiger charge is -2.36. The Morgan fingerprint density at radius 1 is 1.08 bits per heavy atom. The van der Waals surface area contributed by atoms with Crippen LogP contribution in [0.5, 0.6) is 0 Å². The fourth-order valence-corrected chi connectivity index (χ4v) is 3.25. The highest BCUT2D eigenvalue weighted by molar-refractivity contribution is 5.78. The highest BCUT2D eigenvalue weighted by Crippen LogP contribution is 2.20. The van der Waals surface area contributed by atoms with Gasteiger partial charge in [0.15, 0.2) is 0 Å². The van der Waals surface area contributed by atoms with Crippen molar-refractivity contribution in [3.8, 4) is 6.07 Å². The third-order valence-electron chi connectivity index (χ3n) is 4.84. The minimum absolute atomic E-state index is 0.0547. The fourth-order valence-electron chi connectivity index (χ4n) is 3.25. The number of anilines is 1. The topological polar surface area (TPSA) is 59.4 Å². The summed E-state index contributed by atoms with van der Waals surface area (Å²) in [6.07, 6.45) is 0. The van der Waals surface area contributed by atoms with E-state index in [1.54, 1.807) is 0 Å². The number of rotatable bonds is 5. The van der Waals surface area contributed by atoms with E-state index in [0.29, 0.717) is 18.7 Å². The molecule has 0 spiro atoms. The summed E-state index contributed by atoms with van der Waals surface area (Å²) in [5.74, 6) is 0.0547. The molecule has 1 aliphatic heterocycles. The van der Waals surface area contributed by atoms with Crippen LogP contribution < -0.4 is 10.2 Å². The number of hydrogen-bond donors (Lipinski definition) is 1. The molecule has 0 unspecified atom stereocenters. The highest BCUT2D eigenvalue weighted by Gasteiger charge is 2.20. The van der Waals surface area contributed by atoms with Gasteiger partial charge in [0.25, 0.3) is 0 Å². The summed E-state index contributed by atoms with van der Waals surface area (Å²) >= 11 is 0. The fraction of sp³-hybridized carbons (Fsp3) is 0.333. The highest BCUT2D eigenvalue weighted by atomic mass is 16.2. The van der Waals surface area contributed by atoms with E-state index in [1.807, 2.05) is 42.5 Å². The van der Waals surface area contributed by atoms with Crippen LogP contribution in [0.3, 0.4) is 0 Å². The summed E-state index contributed by atoms with van der Waals surface area (Å²) in [5, 5.41) is 12.3. The van der Waals surface area contributed by atoms with Crippen molar-refractivity contribution in [3.63, 3.8) is 0 Å². The number of benzene rings is 2. The van der Waals surface area contributed by atoms with Gasteiger partial charge in [0.05, 0.1) is 17.8 Å². The van der Waals surface area contributed by atoms with Crippen molar-refractivity contribution in [3.05, 3.63) is 65.2 Å². The first-order valence-electron chi connectivity index (χ1n) is 8.95. The predicted molar refractivity (Wildman–Crippen MR) is 103 cm³/mol. The van der Waals surface area contributed by atoms with Gasteiger partial charge < -0.3 is 10.2 Å². The summed E-state index contributed by atoms with van der Waals surface area (Å²) in [7, 11) is 0. The van der Waals surface area contributed by atoms with E-state index >= 15 is 0 Å². The Balaban J connectivity index is 1.47. The first-order valence-corrected chi connectivity index (χ1v) is 8.95. The van der Waals surface area contributed by atoms with E-state index in [4.69, 9.17) is 0 Å². The molecular weight excluding hydrogens is 324 g/mol. The number of carbonyl (C=O) groups is 1. The molecule has 1 N–H and O–H groups in total. The molecule has 5 nitrogen and oxygen atoms in total. The zero-order valence-corrected chi connectivity index (χ0v) is 15.1. The van der Waals surface area contributed by atoms with Gasteiger partial charge >= 0.3 is 0 Å². The number of hydrogen-bond acceptors (Lipinski definition) is 4. The third-order valence-corrected chi connectivity index (χ3v) is 4.84. The monoisotopic (exact) mass is 348 g/mol. The van der Waals surface area contributed by atoms with Crippen LogP contribution in [0.25, 0.3) is 0 Å². The van der Waals surface area contributed by atoms with Crippen molar-refractivity contribution < 1.29 is 4.79 Å². The number of carbonyl (C=O) groups excluding carboxylic acids is 1. The number of piperazine rings is 1. The molecule has 1 amide bonds. The van der Waals surface area contributed by atoms with Crippen LogP contribution in [0.1, 0.15) is 16.7 Å². The van der Waals surface area contributed by atoms with Gasteiger partial charge in [-0.2, -0.15) is 5.26 Å². The minimum atomic E-state index is 0.0547. The molecule has 1 aliphatic rings. The third kappa shape index (κ3) is 4.41. The lowest BCUT2D eigenvalue weighted by atomic mass is 10.1. The number of amides is 1. The maximum absolute atomic E-state index is 12.2. The average Bonchev–Trinajstić information content (AvgIpc) is 2.68. The van der Waals surface area contributed by atoms with E-state index < -0.39 is 0 Å². The summed E-state index contributed by atoms with van der Waals surface area (Å²) in [6.45, 7) is 6.32. The van der Waals surface area contributed by atoms with Crippen LogP contribution in [0.15, 0.2) is 48.5 Å². The molecule has 1 fully saturated rings. The van der Waals surface area contributed by atoms with Gasteiger partial charge in [-0.15, -0.1) is 0 Å². The van der Waals surface area contributed by atoms with Gasteiger partial charge in [0.2, 0.25) is 5.91 Å². The van der Waals surface area contributed by atoms with Gasteiger partial charge in [0, 0.05) is 32.7 Å². The summed E-state index contributed by atoms with van der Waals surface area (Å²) < 4.78 is 0. The Kier molecular flexibility index (Phi) is 5.88. The summed E-state index contributed by atoms with van der Waals surface area (Å²) in [4.78, 5) is 16.6. The largest absolute Gasteiger partial charge is 0.368 e. The molecule has 134 valence electrons. The van der Waals surface area contributed by atoms with Gasteiger partial charge in [0.1, 0.15) is 6.07 Å². The van der Waals surface area contributed by atoms with E-state index in [2.05, 4.69) is 34.2 Å². The molecular formula is C21H24N4O. The zero-order valence-electron chi connectivity index (χ0n) is 15.1. The summed E-state index contributed by atoms with van der Waals surface area (Å²) in [6, 6.07) is 18.0. The number of nitriles is 1. The lowest BCUT2D eigenvalue weighted by molar-refractivity contribution is -0.122. The van der Waals surface area contributed by atoms with Crippen molar-refractivity contribution in [2.75, 3.05) is 37.6 Å². The Morgan fingerprint density at radius 2 is 1.77 bits per heavy atom. The molecule has 1 saturated heterocycles. The van der Waals surface area contributed by atoms with Crippen molar-refractivity contribution in [2.24, 2.45) is 0 Å². The van der Waals surface area contributed by atoms with Crippen molar-refractivity contribution in [2.45, 2.75) is 13.5 Å². The maximum atomic E-state index is 12.2. The van der Waals surface area contributed by atoms with Crippen molar-refractivity contribution in [1.29, 1.82) is 5.26 Å². The quantitative estimate of drug-likeness (QED) is 0.901. The van der Waals surface area contributed by atoms with Gasteiger partial charge in [-0.1, -0.05) is 36.4 Å². The Morgan fingerprint density at radius 3 is 2.50 bits per heavy atom. The first-order chi connectivity index (χ1) is 12.7. The number of aryl methyl sites for hydroxylation is 1. The second-order valence-electron chi connectivity index (χ2n) is 6.60. The average molecular weight is 348 g/mol. The van der Waals surface area contributed by atoms with E-state index in [9.17, 15) is 10.1 Å². The van der Waals surface area contributed by atoms with E-state index in [-0.39, 0.29) is 5.91 Å². The van der Waals surface area contributed by atoms with Crippen LogP contribution in [0.2, 0.25) is 0 Å². The van der Waals surface area contributed by atoms with Crippen LogP contribution >= 0.6 is 0 Å². The molecule has 2 aromatic carbocycles. The molecule has 0 aromatic heterocycles. The molecule has 26 heavy (non-hydrogen) atoms. The number of para-hydroxylation sites is 1. The molecule has 2 aromatic rings. The van der Waals surface area contributed by atoms with Crippen molar-refractivity contribution in [1.82, 2.24) is 10.2 Å². The predicted octanol–water partition coefficient (Wildman–Crippen LogP) is 2.31. The van der Waals surface area contributed by atoms with Gasteiger partial charge in [-0.05, 0) is 30.2 Å².